The lowest BCUT2D eigenvalue weighted by Gasteiger charge is -2.28. The van der Waals surface area contributed by atoms with Gasteiger partial charge < -0.3 is 15.7 Å². The van der Waals surface area contributed by atoms with Gasteiger partial charge in [-0.15, -0.1) is 0 Å². The van der Waals surface area contributed by atoms with Crippen molar-refractivity contribution in [1.82, 2.24) is 4.90 Å². The fraction of sp³-hybridized carbons (Fsp3) is 0.900. The van der Waals surface area contributed by atoms with Crippen molar-refractivity contribution < 1.29 is 9.94 Å². The van der Waals surface area contributed by atoms with E-state index in [9.17, 15) is 0 Å². The van der Waals surface area contributed by atoms with Crippen molar-refractivity contribution >= 4 is 5.84 Å². The molecular formula is C10H21N3O2. The average molecular weight is 215 g/mol. The van der Waals surface area contributed by atoms with Gasteiger partial charge in [-0.1, -0.05) is 12.1 Å². The summed E-state index contributed by atoms with van der Waals surface area (Å²) < 4.78 is 5.64. The zero-order chi connectivity index (χ0) is 11.1. The second-order valence-corrected chi connectivity index (χ2v) is 3.91. The highest BCUT2D eigenvalue weighted by Gasteiger charge is 2.17. The van der Waals surface area contributed by atoms with Gasteiger partial charge in [0.1, 0.15) is 0 Å². The number of hydrogen-bond acceptors (Lipinski definition) is 4. The summed E-state index contributed by atoms with van der Waals surface area (Å²) in [7, 11) is 0. The largest absolute Gasteiger partial charge is 0.409 e. The first-order valence-corrected chi connectivity index (χ1v) is 5.56. The molecule has 1 rings (SSSR count). The van der Waals surface area contributed by atoms with E-state index >= 15 is 0 Å². The van der Waals surface area contributed by atoms with E-state index in [0.29, 0.717) is 12.6 Å². The first-order valence-electron chi connectivity index (χ1n) is 5.56. The summed E-state index contributed by atoms with van der Waals surface area (Å²) in [5.41, 5.74) is 5.47. The molecule has 0 radical (unpaired) electrons. The van der Waals surface area contributed by atoms with Gasteiger partial charge >= 0.3 is 0 Å². The predicted molar refractivity (Wildman–Crippen MR) is 59.1 cm³/mol. The van der Waals surface area contributed by atoms with Gasteiger partial charge in [-0.05, 0) is 25.8 Å². The summed E-state index contributed by atoms with van der Waals surface area (Å²) in [5, 5.41) is 11.5. The van der Waals surface area contributed by atoms with Gasteiger partial charge in [0.15, 0.2) is 5.84 Å². The van der Waals surface area contributed by atoms with Gasteiger partial charge in [0.2, 0.25) is 0 Å². The van der Waals surface area contributed by atoms with Crippen LogP contribution in [0.5, 0.6) is 0 Å². The number of rotatable bonds is 5. The number of amidine groups is 1. The lowest BCUT2D eigenvalue weighted by atomic mass is 10.1. The van der Waals surface area contributed by atoms with Gasteiger partial charge in [-0.3, -0.25) is 4.90 Å². The van der Waals surface area contributed by atoms with E-state index < -0.39 is 0 Å². The first kappa shape index (κ1) is 12.3. The van der Waals surface area contributed by atoms with Crippen LogP contribution in [0.25, 0.3) is 0 Å². The van der Waals surface area contributed by atoms with Crippen molar-refractivity contribution in [2.45, 2.75) is 32.3 Å². The molecule has 1 heterocycles. The van der Waals surface area contributed by atoms with Crippen LogP contribution in [0.3, 0.4) is 0 Å². The first-order chi connectivity index (χ1) is 7.26. The number of ether oxygens (including phenoxy) is 1. The lowest BCUT2D eigenvalue weighted by Crippen LogP contribution is -2.40. The summed E-state index contributed by atoms with van der Waals surface area (Å²) in [6.07, 6.45) is 3.84. The summed E-state index contributed by atoms with van der Waals surface area (Å²) >= 11 is 0. The Morgan fingerprint density at radius 2 is 2.40 bits per heavy atom. The van der Waals surface area contributed by atoms with Crippen molar-refractivity contribution in [2.24, 2.45) is 10.9 Å². The average Bonchev–Trinajstić information content (AvgIpc) is 2.29. The third-order valence-electron chi connectivity index (χ3n) is 2.70. The van der Waals surface area contributed by atoms with Crippen LogP contribution in [-0.2, 0) is 4.74 Å². The molecule has 3 N–H and O–H groups in total. The molecule has 1 saturated heterocycles. The second-order valence-electron chi connectivity index (χ2n) is 3.91. The van der Waals surface area contributed by atoms with E-state index in [1.165, 1.54) is 12.8 Å². The van der Waals surface area contributed by atoms with Gasteiger partial charge in [-0.25, -0.2) is 0 Å². The summed E-state index contributed by atoms with van der Waals surface area (Å²) in [6, 6.07) is 0. The fourth-order valence-corrected chi connectivity index (χ4v) is 1.81. The molecular weight excluding hydrogens is 194 g/mol. The van der Waals surface area contributed by atoms with Crippen molar-refractivity contribution in [3.63, 3.8) is 0 Å². The molecule has 1 atom stereocenters. The maximum atomic E-state index is 8.49. The van der Waals surface area contributed by atoms with E-state index in [4.69, 9.17) is 15.7 Å². The Bertz CT molecular complexity index is 203. The maximum Gasteiger partial charge on any atom is 0.153 e. The minimum absolute atomic E-state index is 0.257. The topological polar surface area (TPSA) is 71.1 Å². The molecule has 0 amide bonds. The quantitative estimate of drug-likeness (QED) is 0.305. The van der Waals surface area contributed by atoms with Crippen molar-refractivity contribution in [1.29, 1.82) is 0 Å². The van der Waals surface area contributed by atoms with Crippen molar-refractivity contribution in [2.75, 3.05) is 26.2 Å². The lowest BCUT2D eigenvalue weighted by molar-refractivity contribution is -0.00247. The Hall–Kier alpha value is -0.810. The smallest absolute Gasteiger partial charge is 0.153 e. The number of nitrogens with two attached hydrogens (primary N) is 1. The standard InChI is InChI=1S/C10H21N3O2/c1-2-13(8-10(11)12-14)7-9-5-3-4-6-15-9/h9,14H,2-8H2,1H3,(H2,11,12). The Kier molecular flexibility index (Phi) is 5.42. The van der Waals surface area contributed by atoms with E-state index in [0.717, 1.165) is 26.1 Å². The van der Waals surface area contributed by atoms with Crippen LogP contribution in [0.4, 0.5) is 0 Å². The zero-order valence-electron chi connectivity index (χ0n) is 9.35. The molecule has 5 heteroatoms. The highest BCUT2D eigenvalue weighted by Crippen LogP contribution is 2.13. The third kappa shape index (κ3) is 4.48. The molecule has 0 aliphatic carbocycles. The molecule has 0 aromatic carbocycles. The van der Waals surface area contributed by atoms with Crippen LogP contribution in [0.2, 0.25) is 0 Å². The summed E-state index contributed by atoms with van der Waals surface area (Å²) in [5.74, 6) is 0.257. The predicted octanol–water partition coefficient (Wildman–Crippen LogP) is 0.624. The molecule has 1 fully saturated rings. The number of nitrogens with zero attached hydrogens (tertiary/aromatic N) is 2. The van der Waals surface area contributed by atoms with Crippen LogP contribution in [0.15, 0.2) is 5.16 Å². The molecule has 1 unspecified atom stereocenters. The number of likely N-dealkylation sites (N-methyl/N-ethyl adjacent to an activating group) is 1. The third-order valence-corrected chi connectivity index (χ3v) is 2.70. The Balaban J connectivity index is 2.31. The molecule has 1 aliphatic rings. The summed E-state index contributed by atoms with van der Waals surface area (Å²) in [4.78, 5) is 2.13. The van der Waals surface area contributed by atoms with Gasteiger partial charge in [-0.2, -0.15) is 0 Å². The SMILES string of the molecule is CCN(CC(N)=NO)CC1CCCCO1. The van der Waals surface area contributed by atoms with Crippen LogP contribution in [0, 0.1) is 0 Å². The van der Waals surface area contributed by atoms with E-state index in [1.54, 1.807) is 0 Å². The number of oxime groups is 1. The van der Waals surface area contributed by atoms with E-state index in [1.807, 2.05) is 0 Å². The van der Waals surface area contributed by atoms with Gasteiger partial charge in [0.25, 0.3) is 0 Å². The molecule has 15 heavy (non-hydrogen) atoms. The summed E-state index contributed by atoms with van der Waals surface area (Å²) in [6.45, 7) is 5.19. The van der Waals surface area contributed by atoms with E-state index in [2.05, 4.69) is 17.0 Å². The molecule has 0 saturated carbocycles. The monoisotopic (exact) mass is 215 g/mol. The molecule has 0 bridgehead atoms. The van der Waals surface area contributed by atoms with Crippen LogP contribution in [-0.4, -0.2) is 48.3 Å². The minimum atomic E-state index is 0.257. The molecule has 0 aromatic heterocycles. The highest BCUT2D eigenvalue weighted by molar-refractivity contribution is 5.81. The molecule has 88 valence electrons. The highest BCUT2D eigenvalue weighted by atomic mass is 16.5. The zero-order valence-corrected chi connectivity index (χ0v) is 9.35. The Morgan fingerprint density at radius 3 is 2.93 bits per heavy atom. The molecule has 0 spiro atoms. The Labute approximate surface area is 90.9 Å². The van der Waals surface area contributed by atoms with Crippen LogP contribution >= 0.6 is 0 Å². The maximum absolute atomic E-state index is 8.49. The van der Waals surface area contributed by atoms with Crippen LogP contribution < -0.4 is 5.73 Å². The minimum Gasteiger partial charge on any atom is -0.409 e. The number of hydrogen-bond donors (Lipinski definition) is 2. The van der Waals surface area contributed by atoms with Crippen molar-refractivity contribution in [3.8, 4) is 0 Å². The molecule has 0 aromatic rings. The molecule has 5 nitrogen and oxygen atoms in total. The van der Waals surface area contributed by atoms with Crippen LogP contribution in [0.1, 0.15) is 26.2 Å². The van der Waals surface area contributed by atoms with Crippen molar-refractivity contribution in [3.05, 3.63) is 0 Å². The van der Waals surface area contributed by atoms with E-state index in [-0.39, 0.29) is 5.84 Å². The van der Waals surface area contributed by atoms with Gasteiger partial charge in [0.05, 0.1) is 12.6 Å². The fourth-order valence-electron chi connectivity index (χ4n) is 1.81. The second kappa shape index (κ2) is 6.63. The molecule has 1 aliphatic heterocycles. The van der Waals surface area contributed by atoms with Gasteiger partial charge in [0, 0.05) is 13.2 Å². The Morgan fingerprint density at radius 1 is 1.60 bits per heavy atom. The normalized spacial score (nSPS) is 23.3.